The van der Waals surface area contributed by atoms with Crippen LogP contribution in [0.25, 0.3) is 0 Å². The smallest absolute Gasteiger partial charge is 0.254 e. The number of hydrogen-bond acceptors (Lipinski definition) is 4. The molecule has 0 aliphatic heterocycles. The molecule has 0 fully saturated rings. The van der Waals surface area contributed by atoms with Crippen LogP contribution in [0, 0.1) is 0 Å². The summed E-state index contributed by atoms with van der Waals surface area (Å²) in [5.41, 5.74) is 0.573. The highest BCUT2D eigenvalue weighted by Crippen LogP contribution is 2.30. The molecule has 0 saturated carbocycles. The second-order valence-electron chi connectivity index (χ2n) is 3.61. The van der Waals surface area contributed by atoms with Crippen molar-refractivity contribution < 1.29 is 19.1 Å². The van der Waals surface area contributed by atoms with Gasteiger partial charge in [-0.05, 0) is 12.1 Å². The third-order valence-electron chi connectivity index (χ3n) is 2.32. The summed E-state index contributed by atoms with van der Waals surface area (Å²) in [7, 11) is 6.18. The molecule has 0 aliphatic carbocycles. The van der Waals surface area contributed by atoms with Gasteiger partial charge >= 0.3 is 0 Å². The van der Waals surface area contributed by atoms with Gasteiger partial charge in [0.1, 0.15) is 0 Å². The Morgan fingerprint density at radius 3 is 2.12 bits per heavy atom. The molecule has 0 bridgehead atoms. The topological polar surface area (TPSA) is 55.8 Å². The minimum absolute atomic E-state index is 0.256. The maximum Gasteiger partial charge on any atom is 0.254 e. The van der Waals surface area contributed by atoms with Crippen LogP contribution in [0.2, 0.25) is 0 Å². The van der Waals surface area contributed by atoms with Crippen LogP contribution in [0.15, 0.2) is 12.1 Å². The first-order chi connectivity index (χ1) is 8.04. The maximum atomic E-state index is 11.9. The van der Waals surface area contributed by atoms with Gasteiger partial charge in [0.2, 0.25) is 0 Å². The molecule has 0 saturated heterocycles. The molecule has 0 N–H and O–H groups in total. The Labute approximate surface area is 99.9 Å². The summed E-state index contributed by atoms with van der Waals surface area (Å²) >= 11 is 0. The van der Waals surface area contributed by atoms with Gasteiger partial charge in [0.05, 0.1) is 19.8 Å². The zero-order chi connectivity index (χ0) is 13.0. The van der Waals surface area contributed by atoms with Gasteiger partial charge in [0.25, 0.3) is 5.91 Å². The first kappa shape index (κ1) is 13.0. The molecule has 1 amide bonds. The number of aldehydes is 1. The fourth-order valence-corrected chi connectivity index (χ4v) is 1.42. The summed E-state index contributed by atoms with van der Waals surface area (Å²) in [6, 6.07) is 2.99. The van der Waals surface area contributed by atoms with Crippen molar-refractivity contribution in [1.82, 2.24) is 4.90 Å². The summed E-state index contributed by atoms with van der Waals surface area (Å²) in [4.78, 5) is 24.2. The van der Waals surface area contributed by atoms with Crippen LogP contribution in [-0.2, 0) is 0 Å². The number of rotatable bonds is 4. The number of benzene rings is 1. The highest BCUT2D eigenvalue weighted by molar-refractivity contribution is 6.02. The average molecular weight is 237 g/mol. The van der Waals surface area contributed by atoms with Crippen LogP contribution in [-0.4, -0.2) is 45.4 Å². The van der Waals surface area contributed by atoms with Gasteiger partial charge in [-0.2, -0.15) is 0 Å². The molecule has 5 heteroatoms. The molecule has 0 unspecified atom stereocenters. The van der Waals surface area contributed by atoms with Crippen LogP contribution >= 0.6 is 0 Å². The molecular weight excluding hydrogens is 222 g/mol. The second kappa shape index (κ2) is 5.34. The lowest BCUT2D eigenvalue weighted by molar-refractivity contribution is 0.0823. The van der Waals surface area contributed by atoms with E-state index < -0.39 is 0 Å². The summed E-state index contributed by atoms with van der Waals surface area (Å²) in [5.74, 6) is 0.584. The number of ether oxygens (including phenoxy) is 2. The van der Waals surface area contributed by atoms with E-state index in [0.29, 0.717) is 23.3 Å². The molecular formula is C12H15NO4. The van der Waals surface area contributed by atoms with E-state index in [1.54, 1.807) is 14.1 Å². The molecule has 0 spiro atoms. The second-order valence-corrected chi connectivity index (χ2v) is 3.61. The number of amides is 1. The first-order valence-electron chi connectivity index (χ1n) is 4.98. The summed E-state index contributed by atoms with van der Waals surface area (Å²) in [6.45, 7) is 0. The Balaban J connectivity index is 3.38. The van der Waals surface area contributed by atoms with Crippen LogP contribution in [0.3, 0.4) is 0 Å². The van der Waals surface area contributed by atoms with Gasteiger partial charge in [0, 0.05) is 19.7 Å². The van der Waals surface area contributed by atoms with E-state index >= 15 is 0 Å². The monoisotopic (exact) mass is 237 g/mol. The van der Waals surface area contributed by atoms with Crippen LogP contribution in [0.4, 0.5) is 0 Å². The van der Waals surface area contributed by atoms with E-state index in [0.717, 1.165) is 0 Å². The third-order valence-corrected chi connectivity index (χ3v) is 2.32. The molecule has 1 aromatic rings. The van der Waals surface area contributed by atoms with Gasteiger partial charge in [-0.15, -0.1) is 0 Å². The van der Waals surface area contributed by atoms with E-state index in [-0.39, 0.29) is 11.5 Å². The molecule has 1 rings (SSSR count). The molecule has 5 nitrogen and oxygen atoms in total. The first-order valence-corrected chi connectivity index (χ1v) is 4.98. The number of nitrogens with zero attached hydrogens (tertiary/aromatic N) is 1. The summed E-state index contributed by atoms with van der Waals surface area (Å²) < 4.78 is 10.2. The van der Waals surface area contributed by atoms with E-state index in [2.05, 4.69) is 0 Å². The molecule has 17 heavy (non-hydrogen) atoms. The highest BCUT2D eigenvalue weighted by Gasteiger charge is 2.17. The molecule has 1 aromatic carbocycles. The lowest BCUT2D eigenvalue weighted by Crippen LogP contribution is -2.23. The van der Waals surface area contributed by atoms with Gasteiger partial charge in [-0.3, -0.25) is 9.59 Å². The maximum absolute atomic E-state index is 11.9. The fourth-order valence-electron chi connectivity index (χ4n) is 1.42. The van der Waals surface area contributed by atoms with Crippen molar-refractivity contribution in [3.8, 4) is 11.5 Å². The van der Waals surface area contributed by atoms with Crippen molar-refractivity contribution in [3.63, 3.8) is 0 Å². The van der Waals surface area contributed by atoms with Crippen molar-refractivity contribution in [2.45, 2.75) is 0 Å². The lowest BCUT2D eigenvalue weighted by Gasteiger charge is -2.15. The van der Waals surface area contributed by atoms with Gasteiger partial charge in [0.15, 0.2) is 17.8 Å². The Kier molecular flexibility index (Phi) is 4.09. The van der Waals surface area contributed by atoms with Crippen molar-refractivity contribution in [1.29, 1.82) is 0 Å². The van der Waals surface area contributed by atoms with Crippen LogP contribution in [0.5, 0.6) is 11.5 Å². The van der Waals surface area contributed by atoms with E-state index in [9.17, 15) is 9.59 Å². The van der Waals surface area contributed by atoms with E-state index in [4.69, 9.17) is 9.47 Å². The third kappa shape index (κ3) is 2.55. The SMILES string of the molecule is COc1cc(C=O)c(C(=O)N(C)C)cc1OC. The summed E-state index contributed by atoms with van der Waals surface area (Å²) in [5, 5.41) is 0. The standard InChI is InChI=1S/C12H15NO4/c1-13(2)12(15)9-6-11(17-4)10(16-3)5-8(9)7-14/h5-7H,1-4H3. The molecule has 0 aliphatic rings. The predicted molar refractivity (Wildman–Crippen MR) is 63.0 cm³/mol. The minimum Gasteiger partial charge on any atom is -0.493 e. The number of carbonyl (C=O) groups is 2. The Hall–Kier alpha value is -2.04. The van der Waals surface area contributed by atoms with Crippen molar-refractivity contribution in [2.75, 3.05) is 28.3 Å². The van der Waals surface area contributed by atoms with E-state index in [1.165, 1.54) is 31.3 Å². The minimum atomic E-state index is -0.256. The predicted octanol–water partition coefficient (Wildman–Crippen LogP) is 1.22. The largest absolute Gasteiger partial charge is 0.493 e. The quantitative estimate of drug-likeness (QED) is 0.739. The lowest BCUT2D eigenvalue weighted by atomic mass is 10.1. The zero-order valence-corrected chi connectivity index (χ0v) is 10.3. The Morgan fingerprint density at radius 1 is 1.18 bits per heavy atom. The number of hydrogen-bond donors (Lipinski definition) is 0. The van der Waals surface area contributed by atoms with Gasteiger partial charge in [-0.1, -0.05) is 0 Å². The Bertz CT molecular complexity index is 440. The summed E-state index contributed by atoms with van der Waals surface area (Å²) in [6.07, 6.45) is 0.624. The number of carbonyl (C=O) groups excluding carboxylic acids is 2. The average Bonchev–Trinajstić information content (AvgIpc) is 2.35. The van der Waals surface area contributed by atoms with Gasteiger partial charge in [-0.25, -0.2) is 0 Å². The van der Waals surface area contributed by atoms with Crippen molar-refractivity contribution >= 4 is 12.2 Å². The van der Waals surface area contributed by atoms with Gasteiger partial charge < -0.3 is 14.4 Å². The van der Waals surface area contributed by atoms with Crippen molar-refractivity contribution in [2.24, 2.45) is 0 Å². The zero-order valence-electron chi connectivity index (χ0n) is 10.3. The highest BCUT2D eigenvalue weighted by atomic mass is 16.5. The van der Waals surface area contributed by atoms with E-state index in [1.807, 2.05) is 0 Å². The molecule has 92 valence electrons. The molecule has 0 aromatic heterocycles. The van der Waals surface area contributed by atoms with Crippen LogP contribution < -0.4 is 9.47 Å². The number of methoxy groups -OCH3 is 2. The van der Waals surface area contributed by atoms with Crippen LogP contribution in [0.1, 0.15) is 20.7 Å². The normalized spacial score (nSPS) is 9.65. The van der Waals surface area contributed by atoms with Crippen molar-refractivity contribution in [3.05, 3.63) is 23.3 Å². The Morgan fingerprint density at radius 2 is 1.71 bits per heavy atom. The molecule has 0 radical (unpaired) electrons. The molecule has 0 atom stereocenters. The molecule has 0 heterocycles. The fraction of sp³-hybridized carbons (Fsp3) is 0.333.